The average Bonchev–Trinajstić information content (AvgIpc) is 1.96. The largest absolute Gasteiger partial charge is 0.469 e. The van der Waals surface area contributed by atoms with E-state index in [1.54, 1.807) is 0 Å². The zero-order chi connectivity index (χ0) is 8.48. The van der Waals surface area contributed by atoms with Crippen LogP contribution in [0.2, 0.25) is 0 Å². The molecule has 1 rings (SSSR count). The van der Waals surface area contributed by atoms with E-state index < -0.39 is 17.6 Å². The van der Waals surface area contributed by atoms with E-state index in [9.17, 15) is 9.18 Å². The van der Waals surface area contributed by atoms with E-state index in [2.05, 4.69) is 4.74 Å². The molecule has 0 saturated heterocycles. The lowest BCUT2D eigenvalue weighted by atomic mass is 9.68. The highest BCUT2D eigenvalue weighted by atomic mass is 19.1. The fourth-order valence-electron chi connectivity index (χ4n) is 1.36. The number of rotatable bonds is 2. The SMILES string of the molecule is COC(=O)C1(CO)CC(F)C1. The first kappa shape index (κ1) is 8.46. The van der Waals surface area contributed by atoms with Crippen LogP contribution in [0, 0.1) is 5.41 Å². The van der Waals surface area contributed by atoms with Crippen molar-refractivity contribution in [2.24, 2.45) is 5.41 Å². The second-order valence-electron chi connectivity index (χ2n) is 2.94. The molecule has 1 aliphatic carbocycles. The minimum atomic E-state index is -0.957. The molecule has 1 saturated carbocycles. The minimum absolute atomic E-state index is 0.0934. The van der Waals surface area contributed by atoms with Crippen molar-refractivity contribution in [1.29, 1.82) is 0 Å². The van der Waals surface area contributed by atoms with Gasteiger partial charge in [-0.3, -0.25) is 4.79 Å². The molecule has 0 aromatic rings. The van der Waals surface area contributed by atoms with Crippen LogP contribution in [0.25, 0.3) is 0 Å². The maximum absolute atomic E-state index is 12.4. The van der Waals surface area contributed by atoms with Gasteiger partial charge in [-0.2, -0.15) is 0 Å². The van der Waals surface area contributed by atoms with Crippen LogP contribution in [0.1, 0.15) is 12.8 Å². The molecule has 0 atom stereocenters. The van der Waals surface area contributed by atoms with E-state index in [-0.39, 0.29) is 19.4 Å². The monoisotopic (exact) mass is 162 g/mol. The van der Waals surface area contributed by atoms with Crippen molar-refractivity contribution in [3.63, 3.8) is 0 Å². The van der Waals surface area contributed by atoms with Crippen LogP contribution < -0.4 is 0 Å². The van der Waals surface area contributed by atoms with Crippen molar-refractivity contribution in [1.82, 2.24) is 0 Å². The lowest BCUT2D eigenvalue weighted by Crippen LogP contribution is -2.48. The van der Waals surface area contributed by atoms with Crippen molar-refractivity contribution in [2.45, 2.75) is 19.0 Å². The van der Waals surface area contributed by atoms with Crippen LogP contribution in [-0.2, 0) is 9.53 Å². The summed E-state index contributed by atoms with van der Waals surface area (Å²) < 4.78 is 16.8. The maximum atomic E-state index is 12.4. The molecule has 0 aliphatic heterocycles. The molecule has 4 heteroatoms. The minimum Gasteiger partial charge on any atom is -0.469 e. The molecule has 3 nitrogen and oxygen atoms in total. The summed E-state index contributed by atoms with van der Waals surface area (Å²) in [6, 6.07) is 0. The molecule has 0 aromatic heterocycles. The van der Waals surface area contributed by atoms with Crippen LogP contribution in [0.4, 0.5) is 4.39 Å². The Morgan fingerprint density at radius 3 is 2.64 bits per heavy atom. The summed E-state index contributed by atoms with van der Waals surface area (Å²) in [6.45, 7) is -0.319. The molecule has 0 unspecified atom stereocenters. The fourth-order valence-corrected chi connectivity index (χ4v) is 1.36. The van der Waals surface area contributed by atoms with Gasteiger partial charge in [-0.05, 0) is 12.8 Å². The molecule has 0 spiro atoms. The lowest BCUT2D eigenvalue weighted by molar-refractivity contribution is -0.167. The first-order valence-corrected chi connectivity index (χ1v) is 3.48. The molecule has 0 heterocycles. The smallest absolute Gasteiger partial charge is 0.314 e. The quantitative estimate of drug-likeness (QED) is 0.593. The average molecular weight is 162 g/mol. The highest BCUT2D eigenvalue weighted by Crippen LogP contribution is 2.43. The number of hydrogen-bond donors (Lipinski definition) is 1. The van der Waals surface area contributed by atoms with Gasteiger partial charge in [0.05, 0.1) is 19.1 Å². The van der Waals surface area contributed by atoms with Gasteiger partial charge in [0.25, 0.3) is 0 Å². The molecular weight excluding hydrogens is 151 g/mol. The molecule has 0 amide bonds. The van der Waals surface area contributed by atoms with Crippen LogP contribution >= 0.6 is 0 Å². The number of methoxy groups -OCH3 is 1. The van der Waals surface area contributed by atoms with Gasteiger partial charge in [0.2, 0.25) is 0 Å². The number of halogens is 1. The molecule has 1 N–H and O–H groups in total. The zero-order valence-electron chi connectivity index (χ0n) is 6.34. The summed E-state index contributed by atoms with van der Waals surface area (Å²) in [6.07, 6.45) is -0.770. The number of ether oxygens (including phenoxy) is 1. The summed E-state index contributed by atoms with van der Waals surface area (Å²) in [5.41, 5.74) is -0.936. The Balaban J connectivity index is 2.57. The Bertz CT molecular complexity index is 163. The second kappa shape index (κ2) is 2.77. The van der Waals surface area contributed by atoms with Gasteiger partial charge in [-0.15, -0.1) is 0 Å². The third-order valence-corrected chi connectivity index (χ3v) is 2.15. The number of aliphatic hydroxyl groups is 1. The summed E-state index contributed by atoms with van der Waals surface area (Å²) in [5, 5.41) is 8.79. The summed E-state index contributed by atoms with van der Waals surface area (Å²) in [5.74, 6) is -0.506. The van der Waals surface area contributed by atoms with Gasteiger partial charge < -0.3 is 9.84 Å². The van der Waals surface area contributed by atoms with Gasteiger partial charge in [-0.1, -0.05) is 0 Å². The Labute approximate surface area is 64.2 Å². The molecule has 1 aliphatic rings. The van der Waals surface area contributed by atoms with Crippen molar-refractivity contribution in [2.75, 3.05) is 13.7 Å². The summed E-state index contributed by atoms with van der Waals surface area (Å²) in [4.78, 5) is 10.9. The number of alkyl halides is 1. The maximum Gasteiger partial charge on any atom is 0.314 e. The molecule has 11 heavy (non-hydrogen) atoms. The van der Waals surface area contributed by atoms with Gasteiger partial charge >= 0.3 is 5.97 Å². The highest BCUT2D eigenvalue weighted by molar-refractivity contribution is 5.78. The molecule has 1 fully saturated rings. The van der Waals surface area contributed by atoms with E-state index >= 15 is 0 Å². The zero-order valence-corrected chi connectivity index (χ0v) is 6.34. The Morgan fingerprint density at radius 1 is 1.82 bits per heavy atom. The van der Waals surface area contributed by atoms with Crippen molar-refractivity contribution in [3.8, 4) is 0 Å². The number of hydrogen-bond acceptors (Lipinski definition) is 3. The highest BCUT2D eigenvalue weighted by Gasteiger charge is 2.51. The van der Waals surface area contributed by atoms with E-state index in [4.69, 9.17) is 5.11 Å². The molecule has 0 radical (unpaired) electrons. The predicted molar refractivity (Wildman–Crippen MR) is 35.7 cm³/mol. The number of esters is 1. The normalized spacial score (nSPS) is 36.1. The van der Waals surface area contributed by atoms with E-state index in [1.165, 1.54) is 7.11 Å². The third-order valence-electron chi connectivity index (χ3n) is 2.15. The Morgan fingerprint density at radius 2 is 2.36 bits per heavy atom. The van der Waals surface area contributed by atoms with Gasteiger partial charge in [-0.25, -0.2) is 4.39 Å². The van der Waals surface area contributed by atoms with Crippen molar-refractivity contribution in [3.05, 3.63) is 0 Å². The van der Waals surface area contributed by atoms with Gasteiger partial charge in [0, 0.05) is 0 Å². The lowest BCUT2D eigenvalue weighted by Gasteiger charge is -2.39. The van der Waals surface area contributed by atoms with Crippen LogP contribution in [0.15, 0.2) is 0 Å². The van der Waals surface area contributed by atoms with Crippen LogP contribution in [0.5, 0.6) is 0 Å². The molecule has 0 aromatic carbocycles. The van der Waals surface area contributed by atoms with E-state index in [0.29, 0.717) is 0 Å². The number of carbonyl (C=O) groups is 1. The second-order valence-corrected chi connectivity index (χ2v) is 2.94. The summed E-state index contributed by atoms with van der Waals surface area (Å²) in [7, 11) is 1.24. The topological polar surface area (TPSA) is 46.5 Å². The predicted octanol–water partition coefficient (Wildman–Crippen LogP) is 0.270. The van der Waals surface area contributed by atoms with Crippen molar-refractivity contribution < 1.29 is 19.0 Å². The third kappa shape index (κ3) is 1.22. The molecule has 64 valence electrons. The van der Waals surface area contributed by atoms with E-state index in [0.717, 1.165) is 0 Å². The fraction of sp³-hybridized carbons (Fsp3) is 0.857. The Kier molecular flexibility index (Phi) is 2.13. The first-order chi connectivity index (χ1) is 5.14. The van der Waals surface area contributed by atoms with Gasteiger partial charge in [0.1, 0.15) is 6.17 Å². The first-order valence-electron chi connectivity index (χ1n) is 3.48. The number of carbonyl (C=O) groups excluding carboxylic acids is 1. The number of aliphatic hydroxyl groups excluding tert-OH is 1. The van der Waals surface area contributed by atoms with Crippen LogP contribution in [-0.4, -0.2) is 31.0 Å². The van der Waals surface area contributed by atoms with Crippen LogP contribution in [0.3, 0.4) is 0 Å². The molecular formula is C7H11FO3. The Hall–Kier alpha value is -0.640. The standard InChI is InChI=1S/C7H11FO3/c1-11-6(10)7(4-9)2-5(8)3-7/h5,9H,2-4H2,1H3. The molecule has 0 bridgehead atoms. The van der Waals surface area contributed by atoms with E-state index in [1.807, 2.05) is 0 Å². The van der Waals surface area contributed by atoms with Gasteiger partial charge in [0.15, 0.2) is 0 Å². The summed E-state index contributed by atoms with van der Waals surface area (Å²) >= 11 is 0. The van der Waals surface area contributed by atoms with Crippen molar-refractivity contribution >= 4 is 5.97 Å².